The van der Waals surface area contributed by atoms with Crippen LogP contribution in [0.5, 0.6) is 0 Å². The van der Waals surface area contributed by atoms with E-state index < -0.39 is 5.91 Å². The molecule has 0 aliphatic heterocycles. The van der Waals surface area contributed by atoms with E-state index >= 15 is 0 Å². The average Bonchev–Trinajstić information content (AvgIpc) is 3.06. The van der Waals surface area contributed by atoms with Crippen LogP contribution in [0.2, 0.25) is 0 Å². The molecule has 20 heavy (non-hydrogen) atoms. The van der Waals surface area contributed by atoms with Gasteiger partial charge in [-0.1, -0.05) is 19.8 Å². The molecular formula is C13H21N5O2. The van der Waals surface area contributed by atoms with Gasteiger partial charge in [-0.2, -0.15) is 0 Å². The molecule has 0 bridgehead atoms. The van der Waals surface area contributed by atoms with Crippen molar-refractivity contribution in [2.45, 2.75) is 51.5 Å². The molecule has 7 nitrogen and oxygen atoms in total. The van der Waals surface area contributed by atoms with Crippen molar-refractivity contribution in [3.63, 3.8) is 0 Å². The largest absolute Gasteiger partial charge is 0.368 e. The van der Waals surface area contributed by atoms with E-state index in [4.69, 9.17) is 5.73 Å². The molecule has 0 aromatic carbocycles. The summed E-state index contributed by atoms with van der Waals surface area (Å²) in [6.45, 7) is 1.96. The number of H-pyrrole nitrogens is 1. The molecule has 1 aliphatic carbocycles. The van der Waals surface area contributed by atoms with E-state index in [-0.39, 0.29) is 24.3 Å². The monoisotopic (exact) mass is 279 g/mol. The normalized spacial score (nSPS) is 15.4. The van der Waals surface area contributed by atoms with Crippen LogP contribution in [0.25, 0.3) is 0 Å². The lowest BCUT2D eigenvalue weighted by atomic mass is 10.2. The smallest absolute Gasteiger partial charge is 0.294 e. The van der Waals surface area contributed by atoms with Crippen LogP contribution in [0.1, 0.15) is 55.5 Å². The molecule has 1 aromatic rings. The topological polar surface area (TPSA) is 105 Å². The molecule has 0 atom stereocenters. The maximum Gasteiger partial charge on any atom is 0.294 e. The van der Waals surface area contributed by atoms with Crippen LogP contribution in [0.4, 0.5) is 0 Å². The van der Waals surface area contributed by atoms with Crippen LogP contribution < -0.4 is 5.73 Å². The standard InChI is InChI=1S/C13H21N5O2/c1-2-5-11-15-12(17-16-11)13(20)18(8-10(14)19)9-6-3-4-7-9/h9H,2-8H2,1H3,(H2,14,19)(H,15,16,17). The van der Waals surface area contributed by atoms with Gasteiger partial charge in [-0.05, 0) is 19.3 Å². The van der Waals surface area contributed by atoms with E-state index in [0.717, 1.165) is 38.5 Å². The Hall–Kier alpha value is -1.92. The van der Waals surface area contributed by atoms with Crippen LogP contribution in [-0.2, 0) is 11.2 Å². The second kappa shape index (κ2) is 6.49. The first-order valence-electron chi connectivity index (χ1n) is 7.12. The molecule has 2 amide bonds. The molecule has 0 unspecified atom stereocenters. The summed E-state index contributed by atoms with van der Waals surface area (Å²) in [4.78, 5) is 29.4. The Morgan fingerprint density at radius 2 is 2.10 bits per heavy atom. The van der Waals surface area contributed by atoms with Crippen LogP contribution in [-0.4, -0.2) is 44.5 Å². The van der Waals surface area contributed by atoms with E-state index in [0.29, 0.717) is 5.82 Å². The van der Waals surface area contributed by atoms with Gasteiger partial charge >= 0.3 is 0 Å². The lowest BCUT2D eigenvalue weighted by Gasteiger charge is -2.26. The fourth-order valence-corrected chi connectivity index (χ4v) is 2.62. The number of carbonyl (C=O) groups is 2. The first-order chi connectivity index (χ1) is 9.61. The molecule has 0 radical (unpaired) electrons. The number of hydrogen-bond acceptors (Lipinski definition) is 4. The van der Waals surface area contributed by atoms with Crippen molar-refractivity contribution in [3.05, 3.63) is 11.6 Å². The number of primary amides is 1. The highest BCUT2D eigenvalue weighted by Gasteiger charge is 2.30. The van der Waals surface area contributed by atoms with E-state index in [9.17, 15) is 9.59 Å². The summed E-state index contributed by atoms with van der Waals surface area (Å²) in [5.41, 5.74) is 5.25. The Morgan fingerprint density at radius 3 is 2.70 bits per heavy atom. The molecule has 0 spiro atoms. The van der Waals surface area contributed by atoms with Gasteiger partial charge in [0.25, 0.3) is 5.91 Å². The predicted molar refractivity (Wildman–Crippen MR) is 72.9 cm³/mol. The zero-order valence-corrected chi connectivity index (χ0v) is 11.8. The SMILES string of the molecule is CCCc1nc(C(=O)N(CC(N)=O)C2CCCC2)n[nH]1. The van der Waals surface area contributed by atoms with Gasteiger partial charge in [0.2, 0.25) is 11.7 Å². The predicted octanol–water partition coefficient (Wildman–Crippen LogP) is 0.627. The highest BCUT2D eigenvalue weighted by Crippen LogP contribution is 2.24. The van der Waals surface area contributed by atoms with Crippen LogP contribution in [0.15, 0.2) is 0 Å². The molecule has 3 N–H and O–H groups in total. The number of nitrogens with two attached hydrogens (primary N) is 1. The quantitative estimate of drug-likeness (QED) is 0.796. The van der Waals surface area contributed by atoms with E-state index in [1.54, 1.807) is 0 Å². The average molecular weight is 279 g/mol. The Balaban J connectivity index is 2.13. The molecule has 1 saturated carbocycles. The maximum absolute atomic E-state index is 12.5. The number of aromatic amines is 1. The Labute approximate surface area is 117 Å². The maximum atomic E-state index is 12.5. The molecule has 1 aromatic heterocycles. The third kappa shape index (κ3) is 3.34. The summed E-state index contributed by atoms with van der Waals surface area (Å²) < 4.78 is 0. The highest BCUT2D eigenvalue weighted by molar-refractivity contribution is 5.93. The number of amides is 2. The van der Waals surface area contributed by atoms with Crippen LogP contribution in [0.3, 0.4) is 0 Å². The minimum atomic E-state index is -0.505. The summed E-state index contributed by atoms with van der Waals surface area (Å²) >= 11 is 0. The Morgan fingerprint density at radius 1 is 1.40 bits per heavy atom. The number of rotatable bonds is 6. The summed E-state index contributed by atoms with van der Waals surface area (Å²) in [5, 5.41) is 6.72. The second-order valence-electron chi connectivity index (χ2n) is 5.19. The van der Waals surface area contributed by atoms with Crippen molar-refractivity contribution in [2.75, 3.05) is 6.54 Å². The molecular weight excluding hydrogens is 258 g/mol. The summed E-state index contributed by atoms with van der Waals surface area (Å²) in [6, 6.07) is 0.0723. The van der Waals surface area contributed by atoms with Crippen molar-refractivity contribution in [2.24, 2.45) is 5.73 Å². The third-order valence-electron chi connectivity index (χ3n) is 3.56. The van der Waals surface area contributed by atoms with Crippen molar-refractivity contribution < 1.29 is 9.59 Å². The van der Waals surface area contributed by atoms with E-state index in [1.807, 2.05) is 6.92 Å². The summed E-state index contributed by atoms with van der Waals surface area (Å²) in [7, 11) is 0. The van der Waals surface area contributed by atoms with Gasteiger partial charge in [-0.25, -0.2) is 4.98 Å². The Bertz CT molecular complexity index is 479. The van der Waals surface area contributed by atoms with Gasteiger partial charge in [-0.3, -0.25) is 14.7 Å². The summed E-state index contributed by atoms with van der Waals surface area (Å²) in [5.74, 6) is 0.00627. The van der Waals surface area contributed by atoms with Gasteiger partial charge in [0, 0.05) is 12.5 Å². The zero-order chi connectivity index (χ0) is 14.5. The van der Waals surface area contributed by atoms with Crippen molar-refractivity contribution in [1.82, 2.24) is 20.1 Å². The Kier molecular flexibility index (Phi) is 4.70. The van der Waals surface area contributed by atoms with Gasteiger partial charge < -0.3 is 10.6 Å². The van der Waals surface area contributed by atoms with Gasteiger partial charge in [-0.15, -0.1) is 5.10 Å². The first-order valence-corrected chi connectivity index (χ1v) is 7.12. The number of hydrogen-bond donors (Lipinski definition) is 2. The number of aromatic nitrogens is 3. The lowest BCUT2D eigenvalue weighted by molar-refractivity contribution is -0.119. The third-order valence-corrected chi connectivity index (χ3v) is 3.56. The number of nitrogens with one attached hydrogen (secondary N) is 1. The zero-order valence-electron chi connectivity index (χ0n) is 11.8. The first kappa shape index (κ1) is 14.5. The summed E-state index contributed by atoms with van der Waals surface area (Å²) in [6.07, 6.45) is 5.64. The van der Waals surface area contributed by atoms with Gasteiger partial charge in [0.05, 0.1) is 0 Å². The van der Waals surface area contributed by atoms with Crippen LogP contribution in [0, 0.1) is 0 Å². The molecule has 1 fully saturated rings. The molecule has 7 heteroatoms. The van der Waals surface area contributed by atoms with Crippen molar-refractivity contribution >= 4 is 11.8 Å². The van der Waals surface area contributed by atoms with Gasteiger partial charge in [0.1, 0.15) is 12.4 Å². The highest BCUT2D eigenvalue weighted by atomic mass is 16.2. The lowest BCUT2D eigenvalue weighted by Crippen LogP contribution is -2.44. The number of carbonyl (C=O) groups excluding carboxylic acids is 2. The molecule has 110 valence electrons. The number of aryl methyl sites for hydroxylation is 1. The molecule has 1 aliphatic rings. The van der Waals surface area contributed by atoms with E-state index in [2.05, 4.69) is 15.2 Å². The minimum absolute atomic E-state index is 0.0683. The molecule has 0 saturated heterocycles. The minimum Gasteiger partial charge on any atom is -0.368 e. The second-order valence-corrected chi connectivity index (χ2v) is 5.19. The number of nitrogens with zero attached hydrogens (tertiary/aromatic N) is 3. The molecule has 1 heterocycles. The van der Waals surface area contributed by atoms with Crippen molar-refractivity contribution in [3.8, 4) is 0 Å². The van der Waals surface area contributed by atoms with Gasteiger partial charge in [0.15, 0.2) is 0 Å². The van der Waals surface area contributed by atoms with Crippen LogP contribution >= 0.6 is 0 Å². The van der Waals surface area contributed by atoms with E-state index in [1.165, 1.54) is 4.90 Å². The molecule has 2 rings (SSSR count). The fourth-order valence-electron chi connectivity index (χ4n) is 2.62. The fraction of sp³-hybridized carbons (Fsp3) is 0.692. The van der Waals surface area contributed by atoms with Crippen molar-refractivity contribution in [1.29, 1.82) is 0 Å².